The van der Waals surface area contributed by atoms with Gasteiger partial charge >= 0.3 is 5.69 Å². The molecule has 0 saturated carbocycles. The van der Waals surface area contributed by atoms with Gasteiger partial charge in [0.15, 0.2) is 5.82 Å². The van der Waals surface area contributed by atoms with Crippen molar-refractivity contribution < 1.29 is 13.5 Å². The number of halogens is 2. The Hall–Kier alpha value is -4.99. The summed E-state index contributed by atoms with van der Waals surface area (Å²) in [5, 5.41) is 15.8. The maximum atomic E-state index is 14.5. The van der Waals surface area contributed by atoms with Gasteiger partial charge in [0.05, 0.1) is 18.3 Å². The number of benzene rings is 3. The Morgan fingerprint density at radius 3 is 2.50 bits per heavy atom. The number of aromatic nitrogens is 5. The first kappa shape index (κ1) is 23.4. The zero-order chi connectivity index (χ0) is 26.6. The van der Waals surface area contributed by atoms with Crippen molar-refractivity contribution in [2.45, 2.75) is 6.54 Å². The molecule has 0 saturated heterocycles. The van der Waals surface area contributed by atoms with E-state index in [0.717, 1.165) is 11.1 Å². The van der Waals surface area contributed by atoms with Crippen LogP contribution in [0.4, 0.5) is 8.78 Å². The predicted molar refractivity (Wildman–Crippen MR) is 141 cm³/mol. The van der Waals surface area contributed by atoms with Gasteiger partial charge in [-0.1, -0.05) is 12.1 Å². The summed E-state index contributed by atoms with van der Waals surface area (Å²) >= 11 is 0. The fraction of sp³-hybridized carbons (Fsp3) is 0.107. The highest BCUT2D eigenvalue weighted by atomic mass is 19.1. The van der Waals surface area contributed by atoms with Crippen molar-refractivity contribution in [2.75, 3.05) is 7.11 Å². The zero-order valence-electron chi connectivity index (χ0n) is 20.5. The largest absolute Gasteiger partial charge is 0.481 e. The van der Waals surface area contributed by atoms with Crippen molar-refractivity contribution >= 4 is 27.7 Å². The maximum absolute atomic E-state index is 14.5. The first-order chi connectivity index (χ1) is 18.3. The number of methoxy groups -OCH3 is 1. The number of nitrogens with zero attached hydrogens (tertiary/aromatic N) is 4. The van der Waals surface area contributed by atoms with Crippen LogP contribution >= 0.6 is 0 Å². The van der Waals surface area contributed by atoms with Crippen LogP contribution in [0.5, 0.6) is 0 Å². The number of fused-ring (bicyclic) bond motifs is 2. The fourth-order valence-electron chi connectivity index (χ4n) is 4.93. The van der Waals surface area contributed by atoms with Crippen molar-refractivity contribution in [1.29, 1.82) is 5.41 Å². The molecule has 0 radical (unpaired) electrons. The van der Waals surface area contributed by atoms with Gasteiger partial charge in [0.2, 0.25) is 5.90 Å². The summed E-state index contributed by atoms with van der Waals surface area (Å²) in [6.07, 6.45) is 3.55. The molecule has 0 amide bonds. The lowest BCUT2D eigenvalue weighted by Gasteiger charge is -2.08. The SMILES string of the molecule is COC(=N)c1cccc(Cn2cc(-n3c(-c4cn(C)c5ccc(F)cc45)n[nH]c3=O)c3cc(F)ccc32)c1. The van der Waals surface area contributed by atoms with Crippen LogP contribution in [-0.2, 0) is 18.3 Å². The minimum absolute atomic E-state index is 0.0492. The molecule has 0 aliphatic heterocycles. The third-order valence-corrected chi connectivity index (χ3v) is 6.67. The van der Waals surface area contributed by atoms with Crippen LogP contribution in [0, 0.1) is 17.0 Å². The predicted octanol–water partition coefficient (Wildman–Crippen LogP) is 4.97. The van der Waals surface area contributed by atoms with Crippen molar-refractivity contribution in [3.63, 3.8) is 0 Å². The van der Waals surface area contributed by atoms with Crippen LogP contribution in [0.3, 0.4) is 0 Å². The van der Waals surface area contributed by atoms with E-state index < -0.39 is 17.3 Å². The average Bonchev–Trinajstić information content (AvgIpc) is 3.56. The number of hydrogen-bond donors (Lipinski definition) is 2. The van der Waals surface area contributed by atoms with Crippen LogP contribution in [0.25, 0.3) is 38.9 Å². The molecule has 0 atom stereocenters. The third kappa shape index (κ3) is 3.78. The van der Waals surface area contributed by atoms with E-state index >= 15 is 0 Å². The molecule has 38 heavy (non-hydrogen) atoms. The molecule has 6 aromatic rings. The smallest absolute Gasteiger partial charge is 0.348 e. The summed E-state index contributed by atoms with van der Waals surface area (Å²) in [5.74, 6) is -0.521. The third-order valence-electron chi connectivity index (χ3n) is 6.67. The van der Waals surface area contributed by atoms with Gasteiger partial charge in [0, 0.05) is 53.4 Å². The van der Waals surface area contributed by atoms with Crippen LogP contribution in [0.1, 0.15) is 11.1 Å². The Morgan fingerprint density at radius 2 is 1.74 bits per heavy atom. The second-order valence-electron chi connectivity index (χ2n) is 9.04. The Labute approximate surface area is 214 Å². The van der Waals surface area contributed by atoms with Gasteiger partial charge in [-0.2, -0.15) is 5.10 Å². The summed E-state index contributed by atoms with van der Waals surface area (Å²) < 4.78 is 38.8. The lowest BCUT2D eigenvalue weighted by molar-refractivity contribution is 0.401. The highest BCUT2D eigenvalue weighted by molar-refractivity contribution is 5.96. The molecule has 0 fully saturated rings. The molecule has 0 unspecified atom stereocenters. The summed E-state index contributed by atoms with van der Waals surface area (Å²) in [4.78, 5) is 13.1. The second-order valence-corrected chi connectivity index (χ2v) is 9.04. The van der Waals surface area contributed by atoms with Gasteiger partial charge < -0.3 is 13.9 Å². The topological polar surface area (TPSA) is 93.6 Å². The van der Waals surface area contributed by atoms with E-state index in [9.17, 15) is 13.6 Å². The van der Waals surface area contributed by atoms with E-state index in [2.05, 4.69) is 10.2 Å². The van der Waals surface area contributed by atoms with E-state index in [1.165, 1.54) is 35.9 Å². The molecule has 0 bridgehead atoms. The van der Waals surface area contributed by atoms with Crippen molar-refractivity contribution in [3.05, 3.63) is 106 Å². The first-order valence-corrected chi connectivity index (χ1v) is 11.8. The highest BCUT2D eigenvalue weighted by Crippen LogP contribution is 2.33. The number of ether oxygens (including phenoxy) is 1. The molecule has 3 aromatic heterocycles. The second kappa shape index (κ2) is 8.84. The Bertz CT molecular complexity index is 1930. The van der Waals surface area contributed by atoms with Crippen molar-refractivity contribution in [1.82, 2.24) is 23.9 Å². The van der Waals surface area contributed by atoms with E-state index in [0.29, 0.717) is 39.6 Å². The molecule has 2 N–H and O–H groups in total. The molecule has 3 heterocycles. The zero-order valence-corrected chi connectivity index (χ0v) is 20.5. The Kier molecular flexibility index (Phi) is 5.45. The summed E-state index contributed by atoms with van der Waals surface area (Å²) in [6.45, 7) is 0.397. The molecule has 3 aromatic carbocycles. The van der Waals surface area contributed by atoms with Crippen LogP contribution in [0.2, 0.25) is 0 Å². The number of nitrogens with one attached hydrogen (secondary N) is 2. The van der Waals surface area contributed by atoms with Crippen LogP contribution in [0.15, 0.2) is 77.9 Å². The molecule has 190 valence electrons. The van der Waals surface area contributed by atoms with Gasteiger partial charge in [0.1, 0.15) is 11.6 Å². The molecular formula is C28H22F2N6O2. The van der Waals surface area contributed by atoms with Gasteiger partial charge in [-0.25, -0.2) is 23.2 Å². The fourth-order valence-corrected chi connectivity index (χ4v) is 4.93. The lowest BCUT2D eigenvalue weighted by Crippen LogP contribution is -2.15. The minimum Gasteiger partial charge on any atom is -0.481 e. The van der Waals surface area contributed by atoms with E-state index in [1.807, 2.05) is 34.4 Å². The standard InChI is InChI=1S/C28H22F2N6O2/c1-34-14-22(20-11-18(29)6-8-23(20)34)27-32-33-28(37)36(27)25-15-35(24-9-7-19(30)12-21(24)25)13-16-4-3-5-17(10-16)26(31)38-2/h3-12,14-15,31H,13H2,1-2H3,(H,33,37). The number of rotatable bonds is 5. The van der Waals surface area contributed by atoms with Crippen LogP contribution in [-0.4, -0.2) is 36.9 Å². The molecule has 0 aliphatic rings. The van der Waals surface area contributed by atoms with Gasteiger partial charge in [-0.15, -0.1) is 0 Å². The molecular weight excluding hydrogens is 490 g/mol. The lowest BCUT2D eigenvalue weighted by atomic mass is 10.1. The van der Waals surface area contributed by atoms with Gasteiger partial charge in [-0.05, 0) is 54.1 Å². The van der Waals surface area contributed by atoms with Gasteiger partial charge in [0.25, 0.3) is 0 Å². The summed E-state index contributed by atoms with van der Waals surface area (Å²) in [7, 11) is 3.28. The molecule has 10 heteroatoms. The Balaban J connectivity index is 1.54. The summed E-state index contributed by atoms with van der Waals surface area (Å²) in [6, 6.07) is 16.2. The average molecular weight is 513 g/mol. The minimum atomic E-state index is -0.507. The van der Waals surface area contributed by atoms with E-state index in [1.54, 1.807) is 30.6 Å². The van der Waals surface area contributed by atoms with E-state index in [4.69, 9.17) is 10.1 Å². The van der Waals surface area contributed by atoms with Crippen molar-refractivity contribution in [3.8, 4) is 17.1 Å². The number of H-pyrrole nitrogens is 1. The summed E-state index contributed by atoms with van der Waals surface area (Å²) in [5.41, 5.74) is 3.48. The monoisotopic (exact) mass is 512 g/mol. The normalized spacial score (nSPS) is 11.5. The van der Waals surface area contributed by atoms with E-state index in [-0.39, 0.29) is 11.7 Å². The number of aryl methyl sites for hydroxylation is 1. The van der Waals surface area contributed by atoms with Crippen molar-refractivity contribution in [2.24, 2.45) is 7.05 Å². The first-order valence-electron chi connectivity index (χ1n) is 11.8. The van der Waals surface area contributed by atoms with Gasteiger partial charge in [-0.3, -0.25) is 5.41 Å². The quantitative estimate of drug-likeness (QED) is 0.252. The molecule has 8 nitrogen and oxygen atoms in total. The van der Waals surface area contributed by atoms with Crippen LogP contribution < -0.4 is 5.69 Å². The molecule has 0 spiro atoms. The molecule has 6 rings (SSSR count). The molecule has 0 aliphatic carbocycles. The maximum Gasteiger partial charge on any atom is 0.348 e. The highest BCUT2D eigenvalue weighted by Gasteiger charge is 2.21. The Morgan fingerprint density at radius 1 is 1.00 bits per heavy atom. The number of hydrogen-bond acceptors (Lipinski definition) is 4. The number of aromatic amines is 1.